The average Bonchev–Trinajstić information content (AvgIpc) is 2.78. The van der Waals surface area contributed by atoms with E-state index in [2.05, 4.69) is 29.2 Å². The van der Waals surface area contributed by atoms with Gasteiger partial charge in [0.1, 0.15) is 0 Å². The molecule has 0 unspecified atom stereocenters. The maximum absolute atomic E-state index is 11.0. The lowest BCUT2D eigenvalue weighted by Crippen LogP contribution is -2.25. The molecule has 0 amide bonds. The van der Waals surface area contributed by atoms with Gasteiger partial charge >= 0.3 is 5.97 Å². The minimum atomic E-state index is -0.695. The van der Waals surface area contributed by atoms with E-state index in [1.54, 1.807) is 13.8 Å². The highest BCUT2D eigenvalue weighted by molar-refractivity contribution is 5.73. The van der Waals surface area contributed by atoms with Crippen molar-refractivity contribution >= 4 is 11.7 Å². The summed E-state index contributed by atoms with van der Waals surface area (Å²) >= 11 is 0. The highest BCUT2D eigenvalue weighted by Crippen LogP contribution is 2.28. The van der Waals surface area contributed by atoms with E-state index < -0.39 is 11.4 Å². The van der Waals surface area contributed by atoms with Crippen LogP contribution in [0, 0.1) is 5.41 Å². The monoisotopic (exact) mass is 261 g/mol. The lowest BCUT2D eigenvalue weighted by Gasteiger charge is -2.22. The first-order valence-electron chi connectivity index (χ1n) is 7.07. The number of benzene rings is 1. The fourth-order valence-corrected chi connectivity index (χ4v) is 2.62. The SMILES string of the molecule is CC(C)(CCCCN1CCc2ccccc21)C(=O)O. The van der Waals surface area contributed by atoms with Crippen molar-refractivity contribution in [2.24, 2.45) is 5.41 Å². The lowest BCUT2D eigenvalue weighted by atomic mass is 9.87. The number of fused-ring (bicyclic) bond motifs is 1. The Kier molecular flexibility index (Phi) is 4.13. The molecule has 0 saturated carbocycles. The quantitative estimate of drug-likeness (QED) is 0.798. The van der Waals surface area contributed by atoms with Gasteiger partial charge < -0.3 is 10.0 Å². The van der Waals surface area contributed by atoms with Gasteiger partial charge in [-0.1, -0.05) is 24.6 Å². The fourth-order valence-electron chi connectivity index (χ4n) is 2.62. The molecule has 1 aromatic rings. The smallest absolute Gasteiger partial charge is 0.309 e. The third-order valence-corrected chi connectivity index (χ3v) is 4.04. The predicted molar refractivity (Wildman–Crippen MR) is 77.6 cm³/mol. The number of hydrogen-bond acceptors (Lipinski definition) is 2. The van der Waals surface area contributed by atoms with Gasteiger partial charge in [0.2, 0.25) is 0 Å². The zero-order valence-electron chi connectivity index (χ0n) is 11.9. The van der Waals surface area contributed by atoms with Gasteiger partial charge in [-0.25, -0.2) is 0 Å². The Labute approximate surface area is 115 Å². The van der Waals surface area contributed by atoms with Gasteiger partial charge in [0, 0.05) is 18.8 Å². The molecule has 0 saturated heterocycles. The van der Waals surface area contributed by atoms with Crippen molar-refractivity contribution in [3.8, 4) is 0 Å². The van der Waals surface area contributed by atoms with E-state index in [0.717, 1.165) is 38.8 Å². The van der Waals surface area contributed by atoms with Crippen LogP contribution in [0.25, 0.3) is 0 Å². The molecular formula is C16H23NO2. The van der Waals surface area contributed by atoms with E-state index in [1.807, 2.05) is 0 Å². The summed E-state index contributed by atoms with van der Waals surface area (Å²) in [5.74, 6) is -0.695. The Bertz CT molecular complexity index is 454. The maximum atomic E-state index is 11.0. The second-order valence-electron chi connectivity index (χ2n) is 6.01. The first-order chi connectivity index (χ1) is 9.00. The van der Waals surface area contributed by atoms with E-state index in [-0.39, 0.29) is 0 Å². The van der Waals surface area contributed by atoms with Crippen molar-refractivity contribution in [2.45, 2.75) is 39.5 Å². The normalized spacial score (nSPS) is 14.5. The molecule has 0 aromatic heterocycles. The Balaban J connectivity index is 1.78. The Hall–Kier alpha value is -1.51. The van der Waals surface area contributed by atoms with Crippen molar-refractivity contribution in [2.75, 3.05) is 18.0 Å². The van der Waals surface area contributed by atoms with Gasteiger partial charge in [-0.2, -0.15) is 0 Å². The summed E-state index contributed by atoms with van der Waals surface area (Å²) in [6.45, 7) is 5.75. The second-order valence-corrected chi connectivity index (χ2v) is 6.01. The molecule has 0 bridgehead atoms. The summed E-state index contributed by atoms with van der Waals surface area (Å²) in [6, 6.07) is 8.56. The summed E-state index contributed by atoms with van der Waals surface area (Å²) in [5.41, 5.74) is 2.21. The van der Waals surface area contributed by atoms with Crippen LogP contribution in [0.15, 0.2) is 24.3 Å². The standard InChI is InChI=1S/C16H23NO2/c1-16(2,15(18)19)10-5-6-11-17-12-9-13-7-3-4-8-14(13)17/h3-4,7-8H,5-6,9-12H2,1-2H3,(H,18,19). The van der Waals surface area contributed by atoms with Crippen molar-refractivity contribution in [3.05, 3.63) is 29.8 Å². The average molecular weight is 261 g/mol. The van der Waals surface area contributed by atoms with Gasteiger partial charge in [-0.05, 0) is 44.7 Å². The molecular weight excluding hydrogens is 238 g/mol. The topological polar surface area (TPSA) is 40.5 Å². The van der Waals surface area contributed by atoms with Crippen molar-refractivity contribution in [1.82, 2.24) is 0 Å². The minimum Gasteiger partial charge on any atom is -0.481 e. The number of carboxylic acids is 1. The van der Waals surface area contributed by atoms with Crippen LogP contribution in [0.1, 0.15) is 38.7 Å². The van der Waals surface area contributed by atoms with E-state index in [0.29, 0.717) is 0 Å². The Morgan fingerprint density at radius 2 is 2.05 bits per heavy atom. The lowest BCUT2D eigenvalue weighted by molar-refractivity contribution is -0.147. The minimum absolute atomic E-state index is 0.594. The van der Waals surface area contributed by atoms with Crippen molar-refractivity contribution < 1.29 is 9.90 Å². The van der Waals surface area contributed by atoms with E-state index in [4.69, 9.17) is 5.11 Å². The third-order valence-electron chi connectivity index (χ3n) is 4.04. The number of nitrogens with zero attached hydrogens (tertiary/aromatic N) is 1. The molecule has 19 heavy (non-hydrogen) atoms. The van der Waals surface area contributed by atoms with Crippen LogP contribution in [0.3, 0.4) is 0 Å². The third kappa shape index (κ3) is 3.28. The number of para-hydroxylation sites is 1. The summed E-state index contributed by atoms with van der Waals surface area (Å²) in [5, 5.41) is 9.07. The van der Waals surface area contributed by atoms with Gasteiger partial charge in [-0.15, -0.1) is 0 Å². The number of aliphatic carboxylic acids is 1. The van der Waals surface area contributed by atoms with Crippen molar-refractivity contribution in [1.29, 1.82) is 0 Å². The highest BCUT2D eigenvalue weighted by atomic mass is 16.4. The zero-order chi connectivity index (χ0) is 13.9. The molecule has 104 valence electrons. The number of carbonyl (C=O) groups is 1. The van der Waals surface area contributed by atoms with E-state index >= 15 is 0 Å². The number of hydrogen-bond donors (Lipinski definition) is 1. The van der Waals surface area contributed by atoms with Crippen LogP contribution in [-0.4, -0.2) is 24.2 Å². The Morgan fingerprint density at radius 3 is 2.79 bits per heavy atom. The number of rotatable bonds is 6. The molecule has 3 heteroatoms. The molecule has 1 heterocycles. The fraction of sp³-hybridized carbons (Fsp3) is 0.562. The predicted octanol–water partition coefficient (Wildman–Crippen LogP) is 3.33. The zero-order valence-corrected chi connectivity index (χ0v) is 11.9. The summed E-state index contributed by atoms with van der Waals surface area (Å²) < 4.78 is 0. The van der Waals surface area contributed by atoms with Crippen LogP contribution in [0.2, 0.25) is 0 Å². The molecule has 1 aliphatic heterocycles. The largest absolute Gasteiger partial charge is 0.481 e. The first kappa shape index (κ1) is 13.9. The molecule has 0 atom stereocenters. The molecule has 0 spiro atoms. The molecule has 0 fully saturated rings. The molecule has 0 radical (unpaired) electrons. The van der Waals surface area contributed by atoms with Crippen LogP contribution in [-0.2, 0) is 11.2 Å². The molecule has 1 N–H and O–H groups in total. The van der Waals surface area contributed by atoms with Crippen LogP contribution >= 0.6 is 0 Å². The number of carboxylic acid groups (broad SMARTS) is 1. The van der Waals surface area contributed by atoms with Gasteiger partial charge in [0.25, 0.3) is 0 Å². The molecule has 1 aromatic carbocycles. The Morgan fingerprint density at radius 1 is 1.32 bits per heavy atom. The molecule has 0 aliphatic carbocycles. The highest BCUT2D eigenvalue weighted by Gasteiger charge is 2.26. The molecule has 2 rings (SSSR count). The van der Waals surface area contributed by atoms with Gasteiger partial charge in [0.05, 0.1) is 5.41 Å². The molecule has 1 aliphatic rings. The first-order valence-corrected chi connectivity index (χ1v) is 7.07. The van der Waals surface area contributed by atoms with E-state index in [9.17, 15) is 4.79 Å². The molecule has 3 nitrogen and oxygen atoms in total. The second kappa shape index (κ2) is 5.64. The summed E-state index contributed by atoms with van der Waals surface area (Å²) in [6.07, 6.45) is 3.91. The number of anilines is 1. The van der Waals surface area contributed by atoms with Gasteiger partial charge in [-0.3, -0.25) is 4.79 Å². The van der Waals surface area contributed by atoms with Crippen molar-refractivity contribution in [3.63, 3.8) is 0 Å². The van der Waals surface area contributed by atoms with Crippen LogP contribution in [0.4, 0.5) is 5.69 Å². The van der Waals surface area contributed by atoms with Gasteiger partial charge in [0.15, 0.2) is 0 Å². The van der Waals surface area contributed by atoms with E-state index in [1.165, 1.54) is 11.3 Å². The van der Waals surface area contributed by atoms with Crippen LogP contribution in [0.5, 0.6) is 0 Å². The van der Waals surface area contributed by atoms with Crippen LogP contribution < -0.4 is 4.90 Å². The maximum Gasteiger partial charge on any atom is 0.309 e. The summed E-state index contributed by atoms with van der Waals surface area (Å²) in [4.78, 5) is 13.4. The number of unbranched alkanes of at least 4 members (excludes halogenated alkanes) is 1. The summed E-state index contributed by atoms with van der Waals surface area (Å²) in [7, 11) is 0.